The van der Waals surface area contributed by atoms with Gasteiger partial charge in [-0.05, 0) is 43.2 Å². The summed E-state index contributed by atoms with van der Waals surface area (Å²) in [7, 11) is -3.78. The van der Waals surface area contributed by atoms with Crippen LogP contribution >= 0.6 is 11.6 Å². The van der Waals surface area contributed by atoms with Crippen LogP contribution in [0.1, 0.15) is 46.6 Å². The second kappa shape index (κ2) is 9.64. The number of rotatable bonds is 4. The summed E-state index contributed by atoms with van der Waals surface area (Å²) < 4.78 is 33.0. The highest BCUT2D eigenvalue weighted by Gasteiger charge is 2.30. The molecule has 0 atom stereocenters. The summed E-state index contributed by atoms with van der Waals surface area (Å²) in [5, 5.41) is 0.111. The fraction of sp³-hybridized carbons (Fsp3) is 0.455. The molecular formula is C22H26ClN3O5S. The van der Waals surface area contributed by atoms with E-state index in [1.165, 1.54) is 22.7 Å². The van der Waals surface area contributed by atoms with Crippen molar-refractivity contribution in [2.75, 3.05) is 39.3 Å². The Morgan fingerprint density at radius 3 is 2.06 bits per heavy atom. The number of hydrogen-bond acceptors (Lipinski definition) is 5. The molecule has 2 aliphatic rings. The van der Waals surface area contributed by atoms with Gasteiger partial charge in [-0.25, -0.2) is 8.42 Å². The maximum Gasteiger partial charge on any atom is 0.289 e. The topological polar surface area (TPSA) is 91.1 Å². The van der Waals surface area contributed by atoms with Crippen LogP contribution in [0.3, 0.4) is 0 Å². The lowest BCUT2D eigenvalue weighted by atomic mass is 10.1. The second-order valence-corrected chi connectivity index (χ2v) is 10.3. The van der Waals surface area contributed by atoms with E-state index in [4.69, 9.17) is 16.0 Å². The van der Waals surface area contributed by atoms with Gasteiger partial charge >= 0.3 is 0 Å². The molecule has 0 N–H and O–H groups in total. The Morgan fingerprint density at radius 1 is 0.844 bits per heavy atom. The van der Waals surface area contributed by atoms with Crippen molar-refractivity contribution in [3.05, 3.63) is 52.9 Å². The number of amides is 2. The summed E-state index contributed by atoms with van der Waals surface area (Å²) in [6.07, 6.45) is 5.09. The molecule has 2 amide bonds. The van der Waals surface area contributed by atoms with E-state index in [2.05, 4.69) is 0 Å². The van der Waals surface area contributed by atoms with Gasteiger partial charge in [0.15, 0.2) is 5.76 Å². The zero-order valence-electron chi connectivity index (χ0n) is 17.7. The Kier molecular flexibility index (Phi) is 6.88. The molecule has 2 fully saturated rings. The van der Waals surface area contributed by atoms with Crippen molar-refractivity contribution in [1.29, 1.82) is 0 Å². The molecule has 172 valence electrons. The first-order valence-corrected chi connectivity index (χ1v) is 12.6. The van der Waals surface area contributed by atoms with Crippen LogP contribution in [0.5, 0.6) is 0 Å². The quantitative estimate of drug-likeness (QED) is 0.672. The van der Waals surface area contributed by atoms with Crippen LogP contribution < -0.4 is 0 Å². The number of nitrogens with zero attached hydrogens (tertiary/aromatic N) is 3. The van der Waals surface area contributed by atoms with Crippen molar-refractivity contribution in [2.24, 2.45) is 0 Å². The fourth-order valence-electron chi connectivity index (χ4n) is 4.11. The van der Waals surface area contributed by atoms with Gasteiger partial charge in [-0.3, -0.25) is 9.59 Å². The first-order valence-electron chi connectivity index (χ1n) is 10.8. The van der Waals surface area contributed by atoms with Crippen LogP contribution in [-0.4, -0.2) is 73.6 Å². The highest BCUT2D eigenvalue weighted by molar-refractivity contribution is 7.89. The highest BCUT2D eigenvalue weighted by Crippen LogP contribution is 2.28. The van der Waals surface area contributed by atoms with E-state index in [9.17, 15) is 18.0 Å². The Labute approximate surface area is 192 Å². The lowest BCUT2D eigenvalue weighted by Gasteiger charge is -2.34. The van der Waals surface area contributed by atoms with E-state index in [0.29, 0.717) is 39.3 Å². The summed E-state index contributed by atoms with van der Waals surface area (Å²) in [6, 6.07) is 7.67. The highest BCUT2D eigenvalue weighted by atomic mass is 35.5. The molecule has 1 aromatic heterocycles. The van der Waals surface area contributed by atoms with E-state index in [0.717, 1.165) is 25.7 Å². The standard InChI is InChI=1S/C22H26ClN3O5S/c23-18-8-7-17(16-20(18)32(29,30)26-9-3-1-2-4-10-26)21(27)24-11-13-25(14-12-24)22(28)19-6-5-15-31-19/h5-8,15-16H,1-4,9-14H2. The predicted octanol–water partition coefficient (Wildman–Crippen LogP) is 3.10. The van der Waals surface area contributed by atoms with Gasteiger partial charge in [-0.2, -0.15) is 4.31 Å². The summed E-state index contributed by atoms with van der Waals surface area (Å²) in [6.45, 7) is 2.37. The molecule has 2 aliphatic heterocycles. The fourth-order valence-corrected chi connectivity index (χ4v) is 6.12. The van der Waals surface area contributed by atoms with E-state index >= 15 is 0 Å². The molecule has 1 aromatic carbocycles. The number of sulfonamides is 1. The minimum atomic E-state index is -3.78. The van der Waals surface area contributed by atoms with Crippen LogP contribution in [0.15, 0.2) is 45.9 Å². The van der Waals surface area contributed by atoms with Crippen molar-refractivity contribution < 1.29 is 22.4 Å². The summed E-state index contributed by atoms with van der Waals surface area (Å²) in [5.41, 5.74) is 0.272. The van der Waals surface area contributed by atoms with Gasteiger partial charge < -0.3 is 14.2 Å². The van der Waals surface area contributed by atoms with E-state index < -0.39 is 10.0 Å². The zero-order valence-corrected chi connectivity index (χ0v) is 19.3. The first kappa shape index (κ1) is 22.8. The number of furan rings is 1. The summed E-state index contributed by atoms with van der Waals surface area (Å²) in [4.78, 5) is 28.7. The number of carbonyl (C=O) groups excluding carboxylic acids is 2. The largest absolute Gasteiger partial charge is 0.459 e. The molecule has 8 nitrogen and oxygen atoms in total. The van der Waals surface area contributed by atoms with Crippen LogP contribution in [0.4, 0.5) is 0 Å². The minimum absolute atomic E-state index is 0.0291. The normalized spacial score (nSPS) is 18.4. The molecule has 32 heavy (non-hydrogen) atoms. The Balaban J connectivity index is 1.47. The van der Waals surface area contributed by atoms with E-state index in [-0.39, 0.29) is 33.1 Å². The van der Waals surface area contributed by atoms with E-state index in [1.54, 1.807) is 28.0 Å². The number of benzene rings is 1. The number of carbonyl (C=O) groups is 2. The van der Waals surface area contributed by atoms with Crippen molar-refractivity contribution in [1.82, 2.24) is 14.1 Å². The number of halogens is 1. The van der Waals surface area contributed by atoms with Gasteiger partial charge in [-0.1, -0.05) is 24.4 Å². The van der Waals surface area contributed by atoms with Crippen molar-refractivity contribution >= 4 is 33.4 Å². The summed E-state index contributed by atoms with van der Waals surface area (Å²) >= 11 is 6.25. The monoisotopic (exact) mass is 479 g/mol. The minimum Gasteiger partial charge on any atom is -0.459 e. The third-order valence-corrected chi connectivity index (χ3v) is 8.33. The predicted molar refractivity (Wildman–Crippen MR) is 119 cm³/mol. The third-order valence-electron chi connectivity index (χ3n) is 5.95. The Morgan fingerprint density at radius 2 is 1.47 bits per heavy atom. The first-order chi connectivity index (χ1) is 15.4. The molecule has 10 heteroatoms. The molecular weight excluding hydrogens is 454 g/mol. The molecule has 3 heterocycles. The average molecular weight is 480 g/mol. The molecule has 0 bridgehead atoms. The number of piperazine rings is 1. The molecule has 0 aliphatic carbocycles. The van der Waals surface area contributed by atoms with Crippen molar-refractivity contribution in [2.45, 2.75) is 30.6 Å². The number of hydrogen-bond donors (Lipinski definition) is 0. The lowest BCUT2D eigenvalue weighted by molar-refractivity contribution is 0.0518. The molecule has 0 radical (unpaired) electrons. The second-order valence-electron chi connectivity index (χ2n) is 8.03. The molecule has 0 spiro atoms. The van der Waals surface area contributed by atoms with Gasteiger partial charge in [0.1, 0.15) is 4.90 Å². The smallest absolute Gasteiger partial charge is 0.289 e. The lowest BCUT2D eigenvalue weighted by Crippen LogP contribution is -2.50. The van der Waals surface area contributed by atoms with Crippen LogP contribution in [0.25, 0.3) is 0 Å². The van der Waals surface area contributed by atoms with Crippen molar-refractivity contribution in [3.8, 4) is 0 Å². The van der Waals surface area contributed by atoms with Crippen LogP contribution in [0, 0.1) is 0 Å². The molecule has 2 aromatic rings. The maximum atomic E-state index is 13.2. The zero-order chi connectivity index (χ0) is 22.7. The van der Waals surface area contributed by atoms with Gasteiger partial charge in [0, 0.05) is 44.8 Å². The van der Waals surface area contributed by atoms with Gasteiger partial charge in [-0.15, -0.1) is 0 Å². The van der Waals surface area contributed by atoms with Gasteiger partial charge in [0.05, 0.1) is 11.3 Å². The van der Waals surface area contributed by atoms with Gasteiger partial charge in [0.25, 0.3) is 11.8 Å². The van der Waals surface area contributed by atoms with Crippen LogP contribution in [-0.2, 0) is 10.0 Å². The molecule has 0 saturated carbocycles. The summed E-state index contributed by atoms with van der Waals surface area (Å²) in [5.74, 6) is -0.218. The average Bonchev–Trinajstić information content (AvgIpc) is 3.20. The molecule has 2 saturated heterocycles. The Bertz CT molecular complexity index is 1070. The Hall–Kier alpha value is -2.36. The van der Waals surface area contributed by atoms with E-state index in [1.807, 2.05) is 0 Å². The van der Waals surface area contributed by atoms with Crippen LogP contribution in [0.2, 0.25) is 5.02 Å². The SMILES string of the molecule is O=C(c1ccc(Cl)c(S(=O)(=O)N2CCCCCC2)c1)N1CCN(C(=O)c2ccco2)CC1. The van der Waals surface area contributed by atoms with Gasteiger partial charge in [0.2, 0.25) is 10.0 Å². The molecule has 4 rings (SSSR count). The third kappa shape index (κ3) is 4.69. The maximum absolute atomic E-state index is 13.2. The molecule has 0 unspecified atom stereocenters. The van der Waals surface area contributed by atoms with Crippen molar-refractivity contribution in [3.63, 3.8) is 0 Å².